The highest BCUT2D eigenvalue weighted by atomic mass is 16.4. The maximum absolute atomic E-state index is 11.5. The molecule has 114 valence electrons. The van der Waals surface area contributed by atoms with Crippen molar-refractivity contribution in [1.29, 1.82) is 0 Å². The van der Waals surface area contributed by atoms with Gasteiger partial charge < -0.3 is 5.11 Å². The van der Waals surface area contributed by atoms with Gasteiger partial charge in [-0.3, -0.25) is 4.79 Å². The van der Waals surface area contributed by atoms with E-state index in [1.807, 2.05) is 0 Å². The molecule has 0 aromatic carbocycles. The molecule has 19 heavy (non-hydrogen) atoms. The molecular weight excluding hydrogens is 236 g/mol. The fraction of sp³-hybridized carbons (Fsp3) is 0.941. The van der Waals surface area contributed by atoms with E-state index in [2.05, 4.69) is 27.7 Å². The molecule has 0 aromatic heterocycles. The van der Waals surface area contributed by atoms with Crippen molar-refractivity contribution in [2.45, 2.75) is 85.5 Å². The Bertz CT molecular complexity index is 225. The first-order valence-corrected chi connectivity index (χ1v) is 8.27. The Morgan fingerprint density at radius 1 is 0.947 bits per heavy atom. The highest BCUT2D eigenvalue weighted by molar-refractivity contribution is 5.69. The fourth-order valence-electron chi connectivity index (χ4n) is 3.08. The zero-order chi connectivity index (χ0) is 14.7. The van der Waals surface area contributed by atoms with Crippen LogP contribution in [0.1, 0.15) is 85.5 Å². The minimum Gasteiger partial charge on any atom is -0.481 e. The van der Waals surface area contributed by atoms with Crippen LogP contribution in [0.25, 0.3) is 0 Å². The predicted octanol–water partition coefficient (Wildman–Crippen LogP) is 5.51. The molecule has 0 amide bonds. The van der Waals surface area contributed by atoms with E-state index in [4.69, 9.17) is 0 Å². The Hall–Kier alpha value is -0.530. The minimum atomic E-state index is -0.583. The van der Waals surface area contributed by atoms with Gasteiger partial charge in [0.25, 0.3) is 0 Å². The smallest absolute Gasteiger partial charge is 0.306 e. The van der Waals surface area contributed by atoms with E-state index in [0.717, 1.165) is 25.7 Å². The fourth-order valence-corrected chi connectivity index (χ4v) is 3.08. The molecule has 2 nitrogen and oxygen atoms in total. The van der Waals surface area contributed by atoms with Crippen LogP contribution in [-0.4, -0.2) is 11.1 Å². The molecule has 0 aromatic rings. The Kier molecular flexibility index (Phi) is 11.0. The van der Waals surface area contributed by atoms with Gasteiger partial charge in [-0.1, -0.05) is 72.6 Å². The molecule has 0 saturated carbocycles. The van der Waals surface area contributed by atoms with Crippen LogP contribution < -0.4 is 0 Å². The summed E-state index contributed by atoms with van der Waals surface area (Å²) in [6.07, 6.45) is 10.1. The molecule has 0 rings (SSSR count). The predicted molar refractivity (Wildman–Crippen MR) is 82.4 cm³/mol. The molecule has 3 unspecified atom stereocenters. The quantitative estimate of drug-likeness (QED) is 0.507. The van der Waals surface area contributed by atoms with Crippen LogP contribution >= 0.6 is 0 Å². The van der Waals surface area contributed by atoms with Crippen LogP contribution in [0, 0.1) is 17.8 Å². The van der Waals surface area contributed by atoms with E-state index in [9.17, 15) is 9.90 Å². The second kappa shape index (κ2) is 11.3. The second-order valence-electron chi connectivity index (χ2n) is 6.20. The summed E-state index contributed by atoms with van der Waals surface area (Å²) in [6.45, 7) is 8.78. The first kappa shape index (κ1) is 18.5. The molecule has 3 atom stereocenters. The molecule has 0 bridgehead atoms. The topological polar surface area (TPSA) is 37.3 Å². The molecule has 0 fully saturated rings. The molecule has 0 aliphatic rings. The van der Waals surface area contributed by atoms with Gasteiger partial charge in [0.15, 0.2) is 0 Å². The van der Waals surface area contributed by atoms with Gasteiger partial charge in [-0.25, -0.2) is 0 Å². The summed E-state index contributed by atoms with van der Waals surface area (Å²) < 4.78 is 0. The lowest BCUT2D eigenvalue weighted by Gasteiger charge is -2.23. The van der Waals surface area contributed by atoms with Gasteiger partial charge in [0, 0.05) is 0 Å². The number of hydrogen-bond donors (Lipinski definition) is 1. The molecule has 0 aliphatic carbocycles. The zero-order valence-corrected chi connectivity index (χ0v) is 13.5. The van der Waals surface area contributed by atoms with Crippen molar-refractivity contribution in [2.75, 3.05) is 0 Å². The molecule has 1 N–H and O–H groups in total. The summed E-state index contributed by atoms with van der Waals surface area (Å²) in [7, 11) is 0. The number of rotatable bonds is 12. The van der Waals surface area contributed by atoms with Crippen LogP contribution in [0.2, 0.25) is 0 Å². The normalized spacial score (nSPS) is 16.0. The highest BCUT2D eigenvalue weighted by Gasteiger charge is 2.23. The van der Waals surface area contributed by atoms with E-state index >= 15 is 0 Å². The van der Waals surface area contributed by atoms with Crippen molar-refractivity contribution in [1.82, 2.24) is 0 Å². The average Bonchev–Trinajstić information content (AvgIpc) is 2.35. The maximum atomic E-state index is 11.5. The van der Waals surface area contributed by atoms with Gasteiger partial charge in [0.05, 0.1) is 5.92 Å². The van der Waals surface area contributed by atoms with Gasteiger partial charge in [0.2, 0.25) is 0 Å². The molecule has 0 heterocycles. The van der Waals surface area contributed by atoms with Gasteiger partial charge in [-0.2, -0.15) is 0 Å². The summed E-state index contributed by atoms with van der Waals surface area (Å²) in [6, 6.07) is 0. The van der Waals surface area contributed by atoms with E-state index in [-0.39, 0.29) is 5.92 Å². The minimum absolute atomic E-state index is 0.130. The van der Waals surface area contributed by atoms with E-state index in [0.29, 0.717) is 11.8 Å². The van der Waals surface area contributed by atoms with Crippen LogP contribution in [0.4, 0.5) is 0 Å². The molecule has 0 radical (unpaired) electrons. The maximum Gasteiger partial charge on any atom is 0.306 e. The van der Waals surface area contributed by atoms with Crippen molar-refractivity contribution >= 4 is 5.97 Å². The van der Waals surface area contributed by atoms with Crippen molar-refractivity contribution < 1.29 is 9.90 Å². The lowest BCUT2D eigenvalue weighted by molar-refractivity contribution is -0.143. The van der Waals surface area contributed by atoms with Gasteiger partial charge in [-0.05, 0) is 24.7 Å². The summed E-state index contributed by atoms with van der Waals surface area (Å²) in [5.41, 5.74) is 0. The summed E-state index contributed by atoms with van der Waals surface area (Å²) in [5.74, 6) is 0.440. The van der Waals surface area contributed by atoms with Crippen LogP contribution in [0.3, 0.4) is 0 Å². The summed E-state index contributed by atoms with van der Waals surface area (Å²) >= 11 is 0. The molecular formula is C17H34O2. The lowest BCUT2D eigenvalue weighted by atomic mass is 9.82. The summed E-state index contributed by atoms with van der Waals surface area (Å²) in [5, 5.41) is 9.43. The van der Waals surface area contributed by atoms with Crippen LogP contribution in [0.5, 0.6) is 0 Å². The number of unbranched alkanes of at least 4 members (excludes halogenated alkanes) is 1. The standard InChI is InChI=1S/C17H34O2/c1-5-8-11-15(10-7-3)13-16(17(18)19)12-14(4)9-6-2/h14-16H,5-13H2,1-4H3,(H,18,19). The van der Waals surface area contributed by atoms with Crippen molar-refractivity contribution in [2.24, 2.45) is 17.8 Å². The molecule has 0 saturated heterocycles. The highest BCUT2D eigenvalue weighted by Crippen LogP contribution is 2.28. The molecule has 0 spiro atoms. The first-order chi connectivity index (χ1) is 9.04. The SMILES string of the molecule is CCCCC(CCC)CC(CC(C)CCC)C(=O)O. The number of aliphatic carboxylic acids is 1. The van der Waals surface area contributed by atoms with Gasteiger partial charge >= 0.3 is 5.97 Å². The third-order valence-electron chi connectivity index (χ3n) is 4.10. The first-order valence-electron chi connectivity index (χ1n) is 8.27. The van der Waals surface area contributed by atoms with E-state index in [1.54, 1.807) is 0 Å². The summed E-state index contributed by atoms with van der Waals surface area (Å²) in [4.78, 5) is 11.5. The zero-order valence-electron chi connectivity index (χ0n) is 13.5. The Labute approximate surface area is 120 Å². The van der Waals surface area contributed by atoms with Crippen LogP contribution in [-0.2, 0) is 4.79 Å². The number of carboxylic acid groups (broad SMARTS) is 1. The van der Waals surface area contributed by atoms with Crippen LogP contribution in [0.15, 0.2) is 0 Å². The second-order valence-corrected chi connectivity index (χ2v) is 6.20. The van der Waals surface area contributed by atoms with Crippen molar-refractivity contribution in [3.05, 3.63) is 0 Å². The lowest BCUT2D eigenvalue weighted by Crippen LogP contribution is -2.20. The van der Waals surface area contributed by atoms with Crippen molar-refractivity contribution in [3.63, 3.8) is 0 Å². The third-order valence-corrected chi connectivity index (χ3v) is 4.10. The molecule has 0 aliphatic heterocycles. The van der Waals surface area contributed by atoms with E-state index in [1.165, 1.54) is 32.1 Å². The monoisotopic (exact) mass is 270 g/mol. The van der Waals surface area contributed by atoms with E-state index < -0.39 is 5.97 Å². The Balaban J connectivity index is 4.37. The number of carboxylic acids is 1. The Morgan fingerprint density at radius 2 is 1.58 bits per heavy atom. The third kappa shape index (κ3) is 9.07. The van der Waals surface area contributed by atoms with Gasteiger partial charge in [0.1, 0.15) is 0 Å². The van der Waals surface area contributed by atoms with Crippen molar-refractivity contribution in [3.8, 4) is 0 Å². The average molecular weight is 270 g/mol. The van der Waals surface area contributed by atoms with Gasteiger partial charge in [-0.15, -0.1) is 0 Å². The number of hydrogen-bond acceptors (Lipinski definition) is 1. The molecule has 2 heteroatoms. The largest absolute Gasteiger partial charge is 0.481 e. The Morgan fingerprint density at radius 3 is 2.05 bits per heavy atom. The number of carbonyl (C=O) groups is 1.